The van der Waals surface area contributed by atoms with Crippen molar-refractivity contribution in [2.24, 2.45) is 5.92 Å². The molecule has 0 unspecified atom stereocenters. The molecule has 1 aromatic carbocycles. The van der Waals surface area contributed by atoms with Crippen LogP contribution in [0.15, 0.2) is 29.2 Å². The van der Waals surface area contributed by atoms with Gasteiger partial charge in [-0.2, -0.15) is 4.31 Å². The number of hydrogen-bond acceptors (Lipinski definition) is 3. The number of hydrogen-bond donors (Lipinski definition) is 1. The summed E-state index contributed by atoms with van der Waals surface area (Å²) >= 11 is 0. The number of aliphatic hydroxyl groups excluding tert-OH is 1. The van der Waals surface area contributed by atoms with E-state index < -0.39 is 10.0 Å². The average molecular weight is 309 g/mol. The van der Waals surface area contributed by atoms with E-state index in [0.717, 1.165) is 32.1 Å². The van der Waals surface area contributed by atoms with Crippen LogP contribution in [-0.2, 0) is 16.6 Å². The predicted molar refractivity (Wildman–Crippen MR) is 81.2 cm³/mol. The van der Waals surface area contributed by atoms with E-state index in [1.54, 1.807) is 28.6 Å². The van der Waals surface area contributed by atoms with E-state index >= 15 is 0 Å². The number of benzene rings is 1. The highest BCUT2D eigenvalue weighted by molar-refractivity contribution is 7.89. The molecule has 1 aliphatic heterocycles. The monoisotopic (exact) mass is 309 g/mol. The van der Waals surface area contributed by atoms with Crippen molar-refractivity contribution in [3.63, 3.8) is 0 Å². The molecule has 116 valence electrons. The van der Waals surface area contributed by atoms with Gasteiger partial charge in [-0.15, -0.1) is 0 Å². The summed E-state index contributed by atoms with van der Waals surface area (Å²) < 4.78 is 27.8. The molecule has 2 atom stereocenters. The lowest BCUT2D eigenvalue weighted by Gasteiger charge is -2.43. The van der Waals surface area contributed by atoms with Crippen LogP contribution < -0.4 is 0 Å². The second-order valence-corrected chi connectivity index (χ2v) is 7.99. The molecule has 0 bridgehead atoms. The summed E-state index contributed by atoms with van der Waals surface area (Å²) in [5.41, 5.74) is 0.496. The Kier molecular flexibility index (Phi) is 4.33. The van der Waals surface area contributed by atoms with Crippen LogP contribution in [0.3, 0.4) is 0 Å². The SMILES string of the molecule is O=S(=O)(c1ccccc1CO)N1CCC[C@H]2CCCC[C@H]21. The topological polar surface area (TPSA) is 57.6 Å². The molecule has 3 rings (SSSR count). The van der Waals surface area contributed by atoms with Gasteiger partial charge in [-0.3, -0.25) is 0 Å². The Morgan fingerprint density at radius 1 is 1.10 bits per heavy atom. The normalized spacial score (nSPS) is 27.3. The van der Waals surface area contributed by atoms with Gasteiger partial charge < -0.3 is 5.11 Å². The lowest BCUT2D eigenvalue weighted by Crippen LogP contribution is -2.49. The Morgan fingerprint density at radius 2 is 1.81 bits per heavy atom. The van der Waals surface area contributed by atoms with Crippen LogP contribution in [0, 0.1) is 5.92 Å². The van der Waals surface area contributed by atoms with Crippen LogP contribution in [0.2, 0.25) is 0 Å². The number of rotatable bonds is 3. The molecular weight excluding hydrogens is 286 g/mol. The standard InChI is InChI=1S/C16H23NO3S/c18-12-14-7-2-4-10-16(14)21(19,20)17-11-5-8-13-6-1-3-9-15(13)17/h2,4,7,10,13,15,18H,1,3,5-6,8-9,11-12H2/t13-,15-/m1/s1. The lowest BCUT2D eigenvalue weighted by atomic mass is 9.79. The van der Waals surface area contributed by atoms with Crippen molar-refractivity contribution < 1.29 is 13.5 Å². The maximum Gasteiger partial charge on any atom is 0.243 e. The van der Waals surface area contributed by atoms with E-state index in [-0.39, 0.29) is 17.5 Å². The number of fused-ring (bicyclic) bond motifs is 1. The highest BCUT2D eigenvalue weighted by Gasteiger charge is 2.40. The second-order valence-electron chi connectivity index (χ2n) is 6.14. The van der Waals surface area contributed by atoms with Crippen LogP contribution >= 0.6 is 0 Å². The predicted octanol–water partition coefficient (Wildman–Crippen LogP) is 2.52. The van der Waals surface area contributed by atoms with E-state index in [2.05, 4.69) is 0 Å². The van der Waals surface area contributed by atoms with E-state index in [0.29, 0.717) is 18.0 Å². The fourth-order valence-corrected chi connectivity index (χ4v) is 5.86. The molecule has 1 saturated carbocycles. The smallest absolute Gasteiger partial charge is 0.243 e. The van der Waals surface area contributed by atoms with Crippen molar-refractivity contribution in [2.45, 2.75) is 56.1 Å². The Hall–Kier alpha value is -0.910. The van der Waals surface area contributed by atoms with Crippen LogP contribution in [0.5, 0.6) is 0 Å². The summed E-state index contributed by atoms with van der Waals surface area (Å²) in [4.78, 5) is 0.277. The van der Waals surface area contributed by atoms with Gasteiger partial charge in [0.05, 0.1) is 11.5 Å². The zero-order valence-electron chi connectivity index (χ0n) is 12.2. The van der Waals surface area contributed by atoms with Crippen molar-refractivity contribution in [1.29, 1.82) is 0 Å². The minimum Gasteiger partial charge on any atom is -0.392 e. The largest absolute Gasteiger partial charge is 0.392 e. The molecule has 1 heterocycles. The Labute approximate surface area is 126 Å². The summed E-state index contributed by atoms with van der Waals surface area (Å²) in [5, 5.41) is 9.43. The van der Waals surface area contributed by atoms with Gasteiger partial charge in [-0.05, 0) is 43.2 Å². The molecule has 1 N–H and O–H groups in total. The van der Waals surface area contributed by atoms with E-state index in [1.165, 1.54) is 6.42 Å². The first-order valence-electron chi connectivity index (χ1n) is 7.85. The van der Waals surface area contributed by atoms with Gasteiger partial charge in [0.15, 0.2) is 0 Å². The first-order valence-corrected chi connectivity index (χ1v) is 9.29. The zero-order valence-corrected chi connectivity index (χ0v) is 13.1. The first-order chi connectivity index (χ1) is 10.1. The number of aliphatic hydroxyl groups is 1. The van der Waals surface area contributed by atoms with Crippen LogP contribution in [0.1, 0.15) is 44.1 Å². The Balaban J connectivity index is 1.96. The quantitative estimate of drug-likeness (QED) is 0.933. The maximum absolute atomic E-state index is 13.0. The lowest BCUT2D eigenvalue weighted by molar-refractivity contribution is 0.129. The summed E-state index contributed by atoms with van der Waals surface area (Å²) in [6, 6.07) is 6.96. The minimum absolute atomic E-state index is 0.157. The fraction of sp³-hybridized carbons (Fsp3) is 0.625. The molecule has 1 aliphatic carbocycles. The van der Waals surface area contributed by atoms with Gasteiger partial charge >= 0.3 is 0 Å². The van der Waals surface area contributed by atoms with Crippen molar-refractivity contribution in [1.82, 2.24) is 4.31 Å². The van der Waals surface area contributed by atoms with Gasteiger partial charge in [0.2, 0.25) is 10.0 Å². The molecule has 2 fully saturated rings. The fourth-order valence-electron chi connectivity index (χ4n) is 3.89. The van der Waals surface area contributed by atoms with E-state index in [1.807, 2.05) is 0 Å². The van der Waals surface area contributed by atoms with Gasteiger partial charge in [0, 0.05) is 12.6 Å². The number of nitrogens with zero attached hydrogens (tertiary/aromatic N) is 1. The number of sulfonamides is 1. The first kappa shape index (κ1) is 15.0. The van der Waals surface area contributed by atoms with Gasteiger partial charge in [-0.1, -0.05) is 31.0 Å². The maximum atomic E-state index is 13.0. The molecule has 0 aromatic heterocycles. The third kappa shape index (κ3) is 2.74. The molecule has 5 heteroatoms. The molecule has 1 aromatic rings. The van der Waals surface area contributed by atoms with Crippen LogP contribution in [0.25, 0.3) is 0 Å². The Morgan fingerprint density at radius 3 is 2.62 bits per heavy atom. The van der Waals surface area contributed by atoms with Gasteiger partial charge in [-0.25, -0.2) is 8.42 Å². The highest BCUT2D eigenvalue weighted by Crippen LogP contribution is 2.38. The summed E-state index contributed by atoms with van der Waals surface area (Å²) in [5.74, 6) is 0.517. The molecule has 0 radical (unpaired) electrons. The van der Waals surface area contributed by atoms with Crippen LogP contribution in [0.4, 0.5) is 0 Å². The third-order valence-corrected chi connectivity index (χ3v) is 6.95. The van der Waals surface area contributed by atoms with Crippen molar-refractivity contribution in [3.05, 3.63) is 29.8 Å². The molecule has 2 aliphatic rings. The average Bonchev–Trinajstić information content (AvgIpc) is 2.54. The zero-order chi connectivity index (χ0) is 14.9. The molecular formula is C16H23NO3S. The van der Waals surface area contributed by atoms with Crippen molar-refractivity contribution >= 4 is 10.0 Å². The Bertz CT molecular complexity index is 597. The van der Waals surface area contributed by atoms with Gasteiger partial charge in [0.1, 0.15) is 0 Å². The van der Waals surface area contributed by atoms with Crippen molar-refractivity contribution in [2.75, 3.05) is 6.54 Å². The summed E-state index contributed by atoms with van der Waals surface area (Å²) in [7, 11) is -3.50. The van der Waals surface area contributed by atoms with Gasteiger partial charge in [0.25, 0.3) is 0 Å². The minimum atomic E-state index is -3.50. The van der Waals surface area contributed by atoms with E-state index in [4.69, 9.17) is 0 Å². The molecule has 21 heavy (non-hydrogen) atoms. The molecule has 1 saturated heterocycles. The van der Waals surface area contributed by atoms with Crippen molar-refractivity contribution in [3.8, 4) is 0 Å². The second kappa shape index (κ2) is 6.07. The third-order valence-electron chi connectivity index (χ3n) is 4.92. The number of piperidine rings is 1. The summed E-state index contributed by atoms with van der Waals surface area (Å²) in [6.45, 7) is 0.376. The highest BCUT2D eigenvalue weighted by atomic mass is 32.2. The molecule has 4 nitrogen and oxygen atoms in total. The molecule has 0 amide bonds. The van der Waals surface area contributed by atoms with E-state index in [9.17, 15) is 13.5 Å². The van der Waals surface area contributed by atoms with Crippen LogP contribution in [-0.4, -0.2) is 30.4 Å². The molecule has 0 spiro atoms. The summed E-state index contributed by atoms with van der Waals surface area (Å²) in [6.07, 6.45) is 6.57.